The van der Waals surface area contributed by atoms with Crippen molar-refractivity contribution in [1.82, 2.24) is 30.1 Å². The van der Waals surface area contributed by atoms with Crippen LogP contribution in [0.5, 0.6) is 0 Å². The van der Waals surface area contributed by atoms with Gasteiger partial charge in [-0.2, -0.15) is 4.98 Å². The second-order valence-electron chi connectivity index (χ2n) is 6.34. The van der Waals surface area contributed by atoms with Crippen molar-refractivity contribution in [2.45, 2.75) is 13.0 Å². The van der Waals surface area contributed by atoms with Gasteiger partial charge in [0.25, 0.3) is 11.4 Å². The van der Waals surface area contributed by atoms with Gasteiger partial charge in [-0.25, -0.2) is 4.68 Å². The zero-order chi connectivity index (χ0) is 17.4. The summed E-state index contributed by atoms with van der Waals surface area (Å²) >= 11 is 0. The van der Waals surface area contributed by atoms with Gasteiger partial charge in [-0.05, 0) is 26.1 Å². The molecular formula is C17H21ClN6O2. The van der Waals surface area contributed by atoms with Crippen LogP contribution in [0.15, 0.2) is 39.6 Å². The summed E-state index contributed by atoms with van der Waals surface area (Å²) < 4.78 is 6.84. The second-order valence-corrected chi connectivity index (χ2v) is 6.34. The van der Waals surface area contributed by atoms with E-state index in [2.05, 4.69) is 25.5 Å². The van der Waals surface area contributed by atoms with Gasteiger partial charge in [0, 0.05) is 25.7 Å². The molecule has 0 radical (unpaired) electrons. The fourth-order valence-corrected chi connectivity index (χ4v) is 2.96. The fraction of sp³-hybridized carbons (Fsp3) is 0.353. The molecule has 1 atom stereocenters. The number of hydrogen-bond acceptors (Lipinski definition) is 6. The number of aryl methyl sites for hydroxylation is 1. The van der Waals surface area contributed by atoms with Gasteiger partial charge in [0.1, 0.15) is 5.69 Å². The van der Waals surface area contributed by atoms with Gasteiger partial charge in [-0.15, -0.1) is 12.4 Å². The number of nitrogens with one attached hydrogen (secondary N) is 2. The SMILES string of the molecule is Cc1ccc(-n2[nH]c(-c3nc(C4CNCCN4C)no3)cc2=O)cc1.Cl. The summed E-state index contributed by atoms with van der Waals surface area (Å²) in [6.45, 7) is 4.65. The summed E-state index contributed by atoms with van der Waals surface area (Å²) in [5.74, 6) is 0.936. The standard InChI is InChI=1S/C17H20N6O2.ClH/c1-11-3-5-12(6-4-11)23-15(24)9-13(20-23)17-19-16(21-25-17)14-10-18-7-8-22(14)2;/h3-6,9,14,18,20H,7-8,10H2,1-2H3;1H. The van der Waals surface area contributed by atoms with Crippen LogP contribution in [0.1, 0.15) is 17.4 Å². The van der Waals surface area contributed by atoms with Crippen LogP contribution < -0.4 is 10.9 Å². The summed E-state index contributed by atoms with van der Waals surface area (Å²) in [4.78, 5) is 18.9. The Morgan fingerprint density at radius 1 is 1.27 bits per heavy atom. The number of likely N-dealkylation sites (N-methyl/N-ethyl adjacent to an activating group) is 1. The molecule has 1 aliphatic heterocycles. The molecule has 2 N–H and O–H groups in total. The average molecular weight is 377 g/mol. The van der Waals surface area contributed by atoms with E-state index in [0.29, 0.717) is 17.4 Å². The monoisotopic (exact) mass is 376 g/mol. The number of rotatable bonds is 3. The Kier molecular flexibility index (Phi) is 5.26. The molecule has 26 heavy (non-hydrogen) atoms. The maximum atomic E-state index is 12.3. The van der Waals surface area contributed by atoms with Crippen LogP contribution in [0.25, 0.3) is 17.3 Å². The lowest BCUT2D eigenvalue weighted by molar-refractivity contribution is 0.190. The summed E-state index contributed by atoms with van der Waals surface area (Å²) in [7, 11) is 2.04. The van der Waals surface area contributed by atoms with E-state index in [-0.39, 0.29) is 24.0 Å². The van der Waals surface area contributed by atoms with E-state index in [1.54, 1.807) is 0 Å². The molecule has 2 aromatic heterocycles. The van der Waals surface area contributed by atoms with Gasteiger partial charge in [-0.3, -0.25) is 14.8 Å². The number of aromatic amines is 1. The van der Waals surface area contributed by atoms with Crippen LogP contribution in [0.2, 0.25) is 0 Å². The number of hydrogen-bond donors (Lipinski definition) is 2. The van der Waals surface area contributed by atoms with Gasteiger partial charge in [-0.1, -0.05) is 22.9 Å². The molecule has 0 aliphatic carbocycles. The highest BCUT2D eigenvalue weighted by Crippen LogP contribution is 2.21. The molecule has 0 spiro atoms. The van der Waals surface area contributed by atoms with E-state index in [1.165, 1.54) is 10.7 Å². The zero-order valence-corrected chi connectivity index (χ0v) is 15.4. The lowest BCUT2D eigenvalue weighted by atomic mass is 10.2. The van der Waals surface area contributed by atoms with E-state index < -0.39 is 0 Å². The summed E-state index contributed by atoms with van der Waals surface area (Å²) in [6.07, 6.45) is 0. The van der Waals surface area contributed by atoms with Gasteiger partial charge >= 0.3 is 0 Å². The van der Waals surface area contributed by atoms with Crippen molar-refractivity contribution >= 4 is 12.4 Å². The van der Waals surface area contributed by atoms with E-state index in [4.69, 9.17) is 4.52 Å². The van der Waals surface area contributed by atoms with E-state index in [9.17, 15) is 4.79 Å². The highest BCUT2D eigenvalue weighted by Gasteiger charge is 2.26. The van der Waals surface area contributed by atoms with E-state index in [1.807, 2.05) is 38.2 Å². The quantitative estimate of drug-likeness (QED) is 0.720. The van der Waals surface area contributed by atoms with Gasteiger partial charge in [0.15, 0.2) is 5.82 Å². The number of H-pyrrole nitrogens is 1. The predicted octanol–water partition coefficient (Wildman–Crippen LogP) is 1.52. The molecule has 4 rings (SSSR count). The Hall–Kier alpha value is -2.42. The van der Waals surface area contributed by atoms with Crippen LogP contribution in [0.4, 0.5) is 0 Å². The zero-order valence-electron chi connectivity index (χ0n) is 14.6. The topological polar surface area (TPSA) is 92.0 Å². The molecule has 9 heteroatoms. The molecule has 138 valence electrons. The van der Waals surface area contributed by atoms with Crippen molar-refractivity contribution in [3.63, 3.8) is 0 Å². The lowest BCUT2D eigenvalue weighted by Crippen LogP contribution is -2.44. The predicted molar refractivity (Wildman–Crippen MR) is 99.9 cm³/mol. The smallest absolute Gasteiger partial charge is 0.276 e. The first-order valence-electron chi connectivity index (χ1n) is 8.26. The third-order valence-electron chi connectivity index (χ3n) is 4.49. The summed E-state index contributed by atoms with van der Waals surface area (Å²) in [5.41, 5.74) is 2.24. The lowest BCUT2D eigenvalue weighted by Gasteiger charge is -2.30. The Balaban J connectivity index is 0.00000196. The molecule has 0 amide bonds. The molecule has 0 saturated carbocycles. The van der Waals surface area contributed by atoms with Gasteiger partial charge in [0.2, 0.25) is 0 Å². The number of piperazine rings is 1. The molecule has 3 aromatic rings. The second kappa shape index (κ2) is 7.45. The molecule has 1 aliphatic rings. The van der Waals surface area contributed by atoms with Crippen molar-refractivity contribution in [2.75, 3.05) is 26.7 Å². The molecule has 1 saturated heterocycles. The van der Waals surface area contributed by atoms with Crippen molar-refractivity contribution < 1.29 is 4.52 Å². The van der Waals surface area contributed by atoms with Crippen LogP contribution in [0.3, 0.4) is 0 Å². The maximum absolute atomic E-state index is 12.3. The normalized spacial score (nSPS) is 17.8. The highest BCUT2D eigenvalue weighted by atomic mass is 35.5. The molecule has 0 bridgehead atoms. The molecule has 1 aromatic carbocycles. The first-order valence-corrected chi connectivity index (χ1v) is 8.26. The van der Waals surface area contributed by atoms with Crippen LogP contribution in [-0.2, 0) is 0 Å². The Labute approximate surface area is 156 Å². The largest absolute Gasteiger partial charge is 0.332 e. The Bertz CT molecular complexity index is 929. The average Bonchev–Trinajstić information content (AvgIpc) is 3.23. The molecule has 1 unspecified atom stereocenters. The number of nitrogens with zero attached hydrogens (tertiary/aromatic N) is 4. The van der Waals surface area contributed by atoms with Crippen LogP contribution in [-0.4, -0.2) is 51.5 Å². The highest BCUT2D eigenvalue weighted by molar-refractivity contribution is 5.85. The van der Waals surface area contributed by atoms with Crippen molar-refractivity contribution in [3.8, 4) is 17.3 Å². The number of halogens is 1. The minimum absolute atomic E-state index is 0. The minimum Gasteiger partial charge on any atom is -0.332 e. The summed E-state index contributed by atoms with van der Waals surface area (Å²) in [6, 6.07) is 9.23. The van der Waals surface area contributed by atoms with Gasteiger partial charge in [0.05, 0.1) is 11.7 Å². The van der Waals surface area contributed by atoms with Crippen molar-refractivity contribution in [3.05, 3.63) is 52.1 Å². The number of aromatic nitrogens is 4. The Morgan fingerprint density at radius 3 is 2.77 bits per heavy atom. The van der Waals surface area contributed by atoms with Crippen molar-refractivity contribution in [1.29, 1.82) is 0 Å². The number of benzene rings is 1. The third kappa shape index (κ3) is 3.44. The maximum Gasteiger partial charge on any atom is 0.276 e. The molecule has 1 fully saturated rings. The molecule has 3 heterocycles. The minimum atomic E-state index is -0.171. The molecule has 8 nitrogen and oxygen atoms in total. The van der Waals surface area contributed by atoms with Crippen molar-refractivity contribution in [2.24, 2.45) is 0 Å². The van der Waals surface area contributed by atoms with Gasteiger partial charge < -0.3 is 9.84 Å². The first-order chi connectivity index (χ1) is 12.1. The van der Waals surface area contributed by atoms with E-state index in [0.717, 1.165) is 30.9 Å². The summed E-state index contributed by atoms with van der Waals surface area (Å²) in [5, 5.41) is 10.5. The first kappa shape index (κ1) is 18.4. The third-order valence-corrected chi connectivity index (χ3v) is 4.49. The van der Waals surface area contributed by atoms with Crippen LogP contribution >= 0.6 is 12.4 Å². The van der Waals surface area contributed by atoms with E-state index >= 15 is 0 Å². The molecular weight excluding hydrogens is 356 g/mol. The van der Waals surface area contributed by atoms with Crippen LogP contribution in [0, 0.1) is 6.92 Å². The Morgan fingerprint density at radius 2 is 2.04 bits per heavy atom. The fourth-order valence-electron chi connectivity index (χ4n) is 2.96.